The first-order valence-corrected chi connectivity index (χ1v) is 11.1. The van der Waals surface area contributed by atoms with Gasteiger partial charge >= 0.3 is 5.97 Å². The predicted molar refractivity (Wildman–Crippen MR) is 125 cm³/mol. The molecule has 10 nitrogen and oxygen atoms in total. The van der Waals surface area contributed by atoms with E-state index in [2.05, 4.69) is 4.90 Å². The molecule has 3 aromatic rings. The number of hydrogen-bond donors (Lipinski definition) is 0. The van der Waals surface area contributed by atoms with E-state index in [9.17, 15) is 19.7 Å². The van der Waals surface area contributed by atoms with Crippen LogP contribution in [0.15, 0.2) is 47.3 Å². The van der Waals surface area contributed by atoms with Gasteiger partial charge in [0.25, 0.3) is 11.2 Å². The number of nitrogens with zero attached hydrogens (tertiary/aromatic N) is 4. The summed E-state index contributed by atoms with van der Waals surface area (Å²) in [5.41, 5.74) is 0.337. The normalized spacial score (nSPS) is 16.4. The third-order valence-electron chi connectivity index (χ3n) is 5.93. The van der Waals surface area contributed by atoms with Crippen LogP contribution in [0, 0.1) is 16.0 Å². The Morgan fingerprint density at radius 2 is 2.09 bits per heavy atom. The maximum atomic E-state index is 13.6. The van der Waals surface area contributed by atoms with Gasteiger partial charge in [0.15, 0.2) is 0 Å². The van der Waals surface area contributed by atoms with Crippen molar-refractivity contribution < 1.29 is 19.2 Å². The molecule has 4 rings (SSSR count). The highest BCUT2D eigenvalue weighted by Crippen LogP contribution is 2.24. The van der Waals surface area contributed by atoms with E-state index >= 15 is 0 Å². The zero-order valence-electron chi connectivity index (χ0n) is 19.1. The van der Waals surface area contributed by atoms with Gasteiger partial charge < -0.3 is 9.47 Å². The fraction of sp³-hybridized carbons (Fsp3) is 0.375. The summed E-state index contributed by atoms with van der Waals surface area (Å²) in [5, 5.41) is 11.4. The molecule has 0 bridgehead atoms. The SMILES string of the molecule is CCOC(=O)[C@H]1CCCN(Cc2nc3ccc([N+](=O)[O-])cc3c(=O)n2-c2cccc(OC)c2)C1. The summed E-state index contributed by atoms with van der Waals surface area (Å²) in [7, 11) is 1.54. The van der Waals surface area contributed by atoms with Crippen LogP contribution in [0.25, 0.3) is 16.6 Å². The van der Waals surface area contributed by atoms with Gasteiger partial charge in [0, 0.05) is 24.7 Å². The van der Waals surface area contributed by atoms with Gasteiger partial charge in [-0.25, -0.2) is 4.98 Å². The number of non-ortho nitro benzene ring substituents is 1. The lowest BCUT2D eigenvalue weighted by Gasteiger charge is -2.31. The number of likely N-dealkylation sites (tertiary alicyclic amines) is 1. The minimum Gasteiger partial charge on any atom is -0.497 e. The van der Waals surface area contributed by atoms with Crippen LogP contribution in [0.2, 0.25) is 0 Å². The van der Waals surface area contributed by atoms with E-state index in [0.717, 1.165) is 19.4 Å². The van der Waals surface area contributed by atoms with Gasteiger partial charge in [-0.05, 0) is 44.5 Å². The van der Waals surface area contributed by atoms with E-state index in [1.165, 1.54) is 29.9 Å². The van der Waals surface area contributed by atoms with E-state index in [-0.39, 0.29) is 23.0 Å². The molecule has 178 valence electrons. The van der Waals surface area contributed by atoms with E-state index in [0.29, 0.717) is 42.5 Å². The van der Waals surface area contributed by atoms with Crippen molar-refractivity contribution in [1.82, 2.24) is 14.5 Å². The van der Waals surface area contributed by atoms with Gasteiger partial charge in [-0.2, -0.15) is 0 Å². The molecule has 0 aliphatic carbocycles. The molecule has 1 aliphatic rings. The molecular weight excluding hydrogens is 440 g/mol. The van der Waals surface area contributed by atoms with Crippen LogP contribution in [0.1, 0.15) is 25.6 Å². The number of methoxy groups -OCH3 is 1. The Hall–Kier alpha value is -3.79. The largest absolute Gasteiger partial charge is 0.497 e. The summed E-state index contributed by atoms with van der Waals surface area (Å²) < 4.78 is 12.0. The van der Waals surface area contributed by atoms with Crippen molar-refractivity contribution in [3.8, 4) is 11.4 Å². The van der Waals surface area contributed by atoms with Crippen molar-refractivity contribution in [3.63, 3.8) is 0 Å². The molecule has 0 saturated carbocycles. The number of nitro groups is 1. The van der Waals surface area contributed by atoms with Crippen molar-refractivity contribution in [1.29, 1.82) is 0 Å². The predicted octanol–water partition coefficient (Wildman–Crippen LogP) is 3.08. The molecule has 0 radical (unpaired) electrons. The lowest BCUT2D eigenvalue weighted by atomic mass is 9.98. The molecule has 1 fully saturated rings. The quantitative estimate of drug-likeness (QED) is 0.296. The van der Waals surface area contributed by atoms with Crippen LogP contribution in [0.3, 0.4) is 0 Å². The van der Waals surface area contributed by atoms with Crippen molar-refractivity contribution in [2.75, 3.05) is 26.8 Å². The summed E-state index contributed by atoms with van der Waals surface area (Å²) in [5.74, 6) is 0.601. The third kappa shape index (κ3) is 4.76. The lowest BCUT2D eigenvalue weighted by molar-refractivity contribution is -0.384. The van der Waals surface area contributed by atoms with Crippen LogP contribution < -0.4 is 10.3 Å². The Morgan fingerprint density at radius 1 is 1.26 bits per heavy atom. The van der Waals surface area contributed by atoms with E-state index in [1.54, 1.807) is 31.2 Å². The molecule has 0 unspecified atom stereocenters. The number of carbonyl (C=O) groups is 1. The van der Waals surface area contributed by atoms with Crippen molar-refractivity contribution in [2.24, 2.45) is 5.92 Å². The first-order chi connectivity index (χ1) is 16.4. The average Bonchev–Trinajstić information content (AvgIpc) is 2.84. The standard InChI is InChI=1S/C24H26N4O6/c1-3-34-24(30)16-6-5-11-26(14-16)15-22-25-21-10-9-18(28(31)32)13-20(21)23(29)27(22)17-7-4-8-19(12-17)33-2/h4,7-10,12-13,16H,3,5-6,11,14-15H2,1-2H3/t16-/m0/s1. The monoisotopic (exact) mass is 466 g/mol. The Morgan fingerprint density at radius 3 is 2.82 bits per heavy atom. The first-order valence-electron chi connectivity index (χ1n) is 11.1. The molecule has 0 N–H and O–H groups in total. The van der Waals surface area contributed by atoms with E-state index < -0.39 is 10.5 Å². The molecule has 0 amide bonds. The van der Waals surface area contributed by atoms with Gasteiger partial charge in [-0.15, -0.1) is 0 Å². The summed E-state index contributed by atoms with van der Waals surface area (Å²) >= 11 is 0. The Kier molecular flexibility index (Phi) is 6.87. The number of nitro benzene ring substituents is 1. The highest BCUT2D eigenvalue weighted by Gasteiger charge is 2.28. The number of aromatic nitrogens is 2. The maximum Gasteiger partial charge on any atom is 0.310 e. The molecule has 2 aromatic carbocycles. The molecule has 1 aliphatic heterocycles. The van der Waals surface area contributed by atoms with Gasteiger partial charge in [-0.3, -0.25) is 29.2 Å². The Balaban J connectivity index is 1.80. The second-order valence-electron chi connectivity index (χ2n) is 8.15. The van der Waals surface area contributed by atoms with E-state index in [1.807, 2.05) is 0 Å². The van der Waals surface area contributed by atoms with Gasteiger partial charge in [-0.1, -0.05) is 6.07 Å². The Bertz CT molecular complexity index is 1290. The fourth-order valence-electron chi connectivity index (χ4n) is 4.31. The fourth-order valence-corrected chi connectivity index (χ4v) is 4.31. The zero-order valence-corrected chi connectivity index (χ0v) is 19.1. The summed E-state index contributed by atoms with van der Waals surface area (Å²) in [6, 6.07) is 11.1. The number of rotatable bonds is 7. The van der Waals surface area contributed by atoms with Crippen LogP contribution in [0.5, 0.6) is 5.75 Å². The Labute approximate surface area is 195 Å². The summed E-state index contributed by atoms with van der Waals surface area (Å²) in [4.78, 5) is 43.4. The molecule has 2 heterocycles. The maximum absolute atomic E-state index is 13.6. The van der Waals surface area contributed by atoms with Crippen LogP contribution in [0.4, 0.5) is 5.69 Å². The number of ether oxygens (including phenoxy) is 2. The topological polar surface area (TPSA) is 117 Å². The molecule has 10 heteroatoms. The molecule has 1 aromatic heterocycles. The number of piperidine rings is 1. The van der Waals surface area contributed by atoms with Crippen LogP contribution in [-0.2, 0) is 16.1 Å². The number of benzene rings is 2. The van der Waals surface area contributed by atoms with Crippen LogP contribution >= 0.6 is 0 Å². The van der Waals surface area contributed by atoms with E-state index in [4.69, 9.17) is 14.5 Å². The van der Waals surface area contributed by atoms with Crippen molar-refractivity contribution in [2.45, 2.75) is 26.3 Å². The molecule has 0 spiro atoms. The number of hydrogen-bond acceptors (Lipinski definition) is 8. The van der Waals surface area contributed by atoms with Gasteiger partial charge in [0.1, 0.15) is 11.6 Å². The average molecular weight is 466 g/mol. The zero-order chi connectivity index (χ0) is 24.2. The molecule has 1 atom stereocenters. The smallest absolute Gasteiger partial charge is 0.310 e. The van der Waals surface area contributed by atoms with Crippen molar-refractivity contribution in [3.05, 3.63) is 68.8 Å². The van der Waals surface area contributed by atoms with Crippen molar-refractivity contribution >= 4 is 22.6 Å². The van der Waals surface area contributed by atoms with Crippen LogP contribution in [-0.4, -0.2) is 52.1 Å². The minimum atomic E-state index is -0.536. The second kappa shape index (κ2) is 10.0. The molecule has 1 saturated heterocycles. The second-order valence-corrected chi connectivity index (χ2v) is 8.15. The lowest BCUT2D eigenvalue weighted by Crippen LogP contribution is -2.40. The highest BCUT2D eigenvalue weighted by atomic mass is 16.6. The highest BCUT2D eigenvalue weighted by molar-refractivity contribution is 5.80. The van der Waals surface area contributed by atoms with Gasteiger partial charge in [0.05, 0.1) is 47.7 Å². The first kappa shape index (κ1) is 23.4. The van der Waals surface area contributed by atoms with Gasteiger partial charge in [0.2, 0.25) is 0 Å². The molecular formula is C24H26N4O6. The summed E-state index contributed by atoms with van der Waals surface area (Å²) in [6.45, 7) is 3.71. The molecule has 34 heavy (non-hydrogen) atoms. The number of esters is 1. The number of carbonyl (C=O) groups excluding carboxylic acids is 1. The third-order valence-corrected chi connectivity index (χ3v) is 5.93. The summed E-state index contributed by atoms with van der Waals surface area (Å²) in [6.07, 6.45) is 1.58. The number of fused-ring (bicyclic) bond motifs is 1. The minimum absolute atomic E-state index is 0.156.